The van der Waals surface area contributed by atoms with E-state index in [1.165, 1.54) is 25.7 Å². The molecule has 1 amide bonds. The number of rotatable bonds is 6. The van der Waals surface area contributed by atoms with Gasteiger partial charge in [-0.15, -0.1) is 0 Å². The van der Waals surface area contributed by atoms with Gasteiger partial charge in [0.25, 0.3) is 0 Å². The third-order valence-electron chi connectivity index (χ3n) is 6.69. The maximum absolute atomic E-state index is 12.9. The van der Waals surface area contributed by atoms with E-state index in [9.17, 15) is 4.79 Å². The molecule has 0 spiro atoms. The molecule has 4 rings (SSSR count). The number of aryl methyl sites for hydroxylation is 2. The summed E-state index contributed by atoms with van der Waals surface area (Å²) in [5.41, 5.74) is 2.68. The van der Waals surface area contributed by atoms with Crippen LogP contribution < -0.4 is 9.47 Å². The predicted molar refractivity (Wildman–Crippen MR) is 119 cm³/mol. The van der Waals surface area contributed by atoms with Crippen molar-refractivity contribution in [3.8, 4) is 11.5 Å². The van der Waals surface area contributed by atoms with Crippen LogP contribution in [0.4, 0.5) is 0 Å². The van der Waals surface area contributed by atoms with Crippen LogP contribution in [0.3, 0.4) is 0 Å². The third kappa shape index (κ3) is 4.78. The number of piperidine rings is 1. The quantitative estimate of drug-likeness (QED) is 0.606. The lowest BCUT2D eigenvalue weighted by atomic mass is 9.78. The van der Waals surface area contributed by atoms with E-state index in [-0.39, 0.29) is 5.91 Å². The minimum absolute atomic E-state index is 0.120. The topological polar surface area (TPSA) is 64.8 Å². The molecule has 1 saturated heterocycles. The van der Waals surface area contributed by atoms with Gasteiger partial charge in [0.2, 0.25) is 5.91 Å². The molecule has 2 atom stereocenters. The Labute approximate surface area is 184 Å². The number of methoxy groups -OCH3 is 1. The van der Waals surface area contributed by atoms with E-state index in [1.807, 2.05) is 38.1 Å². The van der Waals surface area contributed by atoms with Crippen LogP contribution >= 0.6 is 0 Å². The minimum atomic E-state index is 0.120. The van der Waals surface area contributed by atoms with Gasteiger partial charge in [-0.05, 0) is 69.2 Å². The first-order valence-electron chi connectivity index (χ1n) is 11.3. The highest BCUT2D eigenvalue weighted by molar-refractivity contribution is 5.92. The van der Waals surface area contributed by atoms with E-state index >= 15 is 0 Å². The molecule has 2 unspecified atom stereocenters. The van der Waals surface area contributed by atoms with Gasteiger partial charge in [-0.3, -0.25) is 4.79 Å². The summed E-state index contributed by atoms with van der Waals surface area (Å²) in [6.45, 7) is 5.01. The van der Waals surface area contributed by atoms with Gasteiger partial charge in [0.05, 0.1) is 18.4 Å². The molecule has 2 fully saturated rings. The Balaban J connectivity index is 1.42. The standard InChI is InChI=1S/C25H32N2O4/c1-17-21(18(2)31-26-17)16-30-23-12-10-19(15-24(23)29-3)11-13-25(28)27-14-6-8-20-7-4-5-9-22(20)27/h10-13,15,20,22H,4-9,14,16H2,1-3H3/b13-11+. The van der Waals surface area contributed by atoms with Crippen molar-refractivity contribution in [2.24, 2.45) is 5.92 Å². The molecular formula is C25H32N2O4. The molecular weight excluding hydrogens is 392 g/mol. The van der Waals surface area contributed by atoms with Crippen molar-refractivity contribution in [3.63, 3.8) is 0 Å². The van der Waals surface area contributed by atoms with Crippen molar-refractivity contribution in [2.75, 3.05) is 13.7 Å². The van der Waals surface area contributed by atoms with Gasteiger partial charge in [-0.1, -0.05) is 24.1 Å². The Morgan fingerprint density at radius 2 is 2.00 bits per heavy atom. The van der Waals surface area contributed by atoms with Crippen LogP contribution in [0, 0.1) is 19.8 Å². The number of amides is 1. The molecule has 31 heavy (non-hydrogen) atoms. The van der Waals surface area contributed by atoms with Crippen LogP contribution in [0.5, 0.6) is 11.5 Å². The highest BCUT2D eigenvalue weighted by Crippen LogP contribution is 2.35. The molecule has 0 N–H and O–H groups in total. The Hall–Kier alpha value is -2.76. The van der Waals surface area contributed by atoms with Crippen molar-refractivity contribution < 1.29 is 18.8 Å². The lowest BCUT2D eigenvalue weighted by Gasteiger charge is -2.43. The summed E-state index contributed by atoms with van der Waals surface area (Å²) in [4.78, 5) is 15.0. The van der Waals surface area contributed by atoms with E-state index in [0.717, 1.165) is 42.0 Å². The normalized spacial score (nSPS) is 21.2. The highest BCUT2D eigenvalue weighted by atomic mass is 16.5. The molecule has 1 aromatic heterocycles. The molecule has 6 nitrogen and oxygen atoms in total. The third-order valence-corrected chi connectivity index (χ3v) is 6.69. The molecule has 166 valence electrons. The van der Waals surface area contributed by atoms with Crippen molar-refractivity contribution in [2.45, 2.75) is 65.0 Å². The second-order valence-corrected chi connectivity index (χ2v) is 8.62. The SMILES string of the molecule is COc1cc(/C=C/C(=O)N2CCCC3CCCCC32)ccc1OCc1c(C)noc1C. The molecule has 0 bridgehead atoms. The van der Waals surface area contributed by atoms with Crippen molar-refractivity contribution in [1.29, 1.82) is 0 Å². The Morgan fingerprint density at radius 3 is 2.77 bits per heavy atom. The van der Waals surface area contributed by atoms with E-state index in [1.54, 1.807) is 13.2 Å². The summed E-state index contributed by atoms with van der Waals surface area (Å²) in [5, 5.41) is 3.96. The first kappa shape index (κ1) is 21.5. The lowest BCUT2D eigenvalue weighted by Crippen LogP contribution is -2.49. The van der Waals surface area contributed by atoms with E-state index < -0.39 is 0 Å². The maximum atomic E-state index is 12.9. The second kappa shape index (κ2) is 9.58. The van der Waals surface area contributed by atoms with Crippen LogP contribution in [0.2, 0.25) is 0 Å². The molecule has 2 aliphatic rings. The average Bonchev–Trinajstić information content (AvgIpc) is 3.12. The van der Waals surface area contributed by atoms with Gasteiger partial charge in [0, 0.05) is 18.7 Å². The largest absolute Gasteiger partial charge is 0.493 e. The van der Waals surface area contributed by atoms with Gasteiger partial charge >= 0.3 is 0 Å². The van der Waals surface area contributed by atoms with Crippen LogP contribution in [0.25, 0.3) is 6.08 Å². The van der Waals surface area contributed by atoms with Crippen LogP contribution in [0.15, 0.2) is 28.8 Å². The van der Waals surface area contributed by atoms with Crippen LogP contribution in [0.1, 0.15) is 61.1 Å². The summed E-state index contributed by atoms with van der Waals surface area (Å²) < 4.78 is 16.7. The average molecular weight is 425 g/mol. The zero-order chi connectivity index (χ0) is 21.8. The first-order chi connectivity index (χ1) is 15.1. The second-order valence-electron chi connectivity index (χ2n) is 8.62. The summed E-state index contributed by atoms with van der Waals surface area (Å²) in [6, 6.07) is 6.13. The fourth-order valence-electron chi connectivity index (χ4n) is 4.93. The number of likely N-dealkylation sites (tertiary alicyclic amines) is 1. The molecule has 6 heteroatoms. The number of nitrogens with zero attached hydrogens (tertiary/aromatic N) is 2. The van der Waals surface area contributed by atoms with E-state index in [0.29, 0.717) is 30.1 Å². The van der Waals surface area contributed by atoms with E-state index in [4.69, 9.17) is 14.0 Å². The van der Waals surface area contributed by atoms with Gasteiger partial charge in [0.15, 0.2) is 11.5 Å². The molecule has 1 aliphatic heterocycles. The van der Waals surface area contributed by atoms with Crippen LogP contribution in [-0.2, 0) is 11.4 Å². The van der Waals surface area contributed by atoms with E-state index in [2.05, 4.69) is 10.1 Å². The minimum Gasteiger partial charge on any atom is -0.493 e. The number of ether oxygens (including phenoxy) is 2. The molecule has 1 saturated carbocycles. The number of aromatic nitrogens is 1. The monoisotopic (exact) mass is 424 g/mol. The van der Waals surface area contributed by atoms with Gasteiger partial charge in [-0.2, -0.15) is 0 Å². The first-order valence-corrected chi connectivity index (χ1v) is 11.3. The number of fused-ring (bicyclic) bond motifs is 1. The molecule has 1 aromatic carbocycles. The zero-order valence-corrected chi connectivity index (χ0v) is 18.7. The van der Waals surface area contributed by atoms with Gasteiger partial charge in [0.1, 0.15) is 12.4 Å². The fourth-order valence-corrected chi connectivity index (χ4v) is 4.93. The van der Waals surface area contributed by atoms with Gasteiger partial charge < -0.3 is 18.9 Å². The molecule has 2 heterocycles. The van der Waals surface area contributed by atoms with Crippen LogP contribution in [-0.4, -0.2) is 35.7 Å². The fraction of sp³-hybridized carbons (Fsp3) is 0.520. The number of carbonyl (C=O) groups excluding carboxylic acids is 1. The molecule has 2 aromatic rings. The zero-order valence-electron chi connectivity index (χ0n) is 18.7. The van der Waals surface area contributed by atoms with Gasteiger partial charge in [-0.25, -0.2) is 0 Å². The molecule has 1 aliphatic carbocycles. The number of hydrogen-bond acceptors (Lipinski definition) is 5. The Bertz CT molecular complexity index is 927. The Morgan fingerprint density at radius 1 is 1.19 bits per heavy atom. The number of hydrogen-bond donors (Lipinski definition) is 0. The Kier molecular flexibility index (Phi) is 6.64. The molecule has 0 radical (unpaired) electrons. The summed E-state index contributed by atoms with van der Waals surface area (Å²) >= 11 is 0. The summed E-state index contributed by atoms with van der Waals surface area (Å²) in [5.74, 6) is 2.84. The number of benzene rings is 1. The smallest absolute Gasteiger partial charge is 0.246 e. The van der Waals surface area contributed by atoms with Crippen molar-refractivity contribution in [1.82, 2.24) is 10.1 Å². The maximum Gasteiger partial charge on any atom is 0.246 e. The van der Waals surface area contributed by atoms with Crippen molar-refractivity contribution >= 4 is 12.0 Å². The predicted octanol–water partition coefficient (Wildman–Crippen LogP) is 5.07. The van der Waals surface area contributed by atoms with Crippen molar-refractivity contribution in [3.05, 3.63) is 46.9 Å². The highest BCUT2D eigenvalue weighted by Gasteiger charge is 2.34. The summed E-state index contributed by atoms with van der Waals surface area (Å²) in [6.07, 6.45) is 10.9. The summed E-state index contributed by atoms with van der Waals surface area (Å²) in [7, 11) is 1.62. The number of carbonyl (C=O) groups is 1. The lowest BCUT2D eigenvalue weighted by molar-refractivity contribution is -0.132.